The Morgan fingerprint density at radius 1 is 0.927 bits per heavy atom. The molecule has 220 valence electrons. The quantitative estimate of drug-likeness (QED) is 0.226. The van der Waals surface area contributed by atoms with Crippen LogP contribution in [0.4, 0.5) is 5.69 Å². The second kappa shape index (κ2) is 15.1. The first-order chi connectivity index (χ1) is 19.6. The predicted octanol–water partition coefficient (Wildman–Crippen LogP) is 5.92. The van der Waals surface area contributed by atoms with Crippen molar-refractivity contribution in [2.75, 3.05) is 24.0 Å². The number of amides is 2. The van der Waals surface area contributed by atoms with E-state index in [4.69, 9.17) is 27.9 Å². The van der Waals surface area contributed by atoms with Crippen molar-refractivity contribution in [1.82, 2.24) is 10.2 Å². The maximum Gasteiger partial charge on any atom is 0.264 e. The zero-order valence-corrected chi connectivity index (χ0v) is 25.7. The number of halogens is 2. The number of nitrogens with zero attached hydrogens (tertiary/aromatic N) is 2. The van der Waals surface area contributed by atoms with Crippen LogP contribution in [0.25, 0.3) is 0 Å². The number of benzene rings is 3. The van der Waals surface area contributed by atoms with Gasteiger partial charge in [0.05, 0.1) is 17.2 Å². The number of carbonyl (C=O) groups excluding carboxylic acids is 2. The highest BCUT2D eigenvalue weighted by molar-refractivity contribution is 7.92. The van der Waals surface area contributed by atoms with Gasteiger partial charge in [-0.15, -0.1) is 0 Å². The lowest BCUT2D eigenvalue weighted by Gasteiger charge is -2.32. The average Bonchev–Trinajstić information content (AvgIpc) is 2.96. The normalized spacial score (nSPS) is 11.9. The molecule has 1 atom stereocenters. The molecule has 0 spiro atoms. The summed E-state index contributed by atoms with van der Waals surface area (Å²) in [7, 11) is -4.25. The van der Waals surface area contributed by atoms with Crippen molar-refractivity contribution >= 4 is 50.7 Å². The number of hydrogen-bond acceptors (Lipinski definition) is 5. The summed E-state index contributed by atoms with van der Waals surface area (Å²) in [6.45, 7) is 5.68. The van der Waals surface area contributed by atoms with Crippen LogP contribution in [0.5, 0.6) is 5.75 Å². The third-order valence-electron chi connectivity index (χ3n) is 6.38. The molecule has 0 saturated heterocycles. The van der Waals surface area contributed by atoms with Gasteiger partial charge in [-0.1, -0.05) is 60.8 Å². The summed E-state index contributed by atoms with van der Waals surface area (Å²) < 4.78 is 34.7. The lowest BCUT2D eigenvalue weighted by Crippen LogP contribution is -2.51. The molecule has 0 fully saturated rings. The lowest BCUT2D eigenvalue weighted by atomic mass is 10.1. The monoisotopic (exact) mass is 619 g/mol. The molecule has 0 aromatic heterocycles. The van der Waals surface area contributed by atoms with Crippen molar-refractivity contribution in [1.29, 1.82) is 0 Å². The first kappa shape index (κ1) is 32.2. The van der Waals surface area contributed by atoms with Gasteiger partial charge >= 0.3 is 0 Å². The van der Waals surface area contributed by atoms with Crippen LogP contribution in [-0.4, -0.2) is 50.9 Å². The molecule has 0 aliphatic rings. The zero-order valence-electron chi connectivity index (χ0n) is 23.3. The Kier molecular flexibility index (Phi) is 11.9. The van der Waals surface area contributed by atoms with E-state index in [1.807, 2.05) is 6.92 Å². The van der Waals surface area contributed by atoms with Gasteiger partial charge in [0.1, 0.15) is 18.3 Å². The van der Waals surface area contributed by atoms with Crippen LogP contribution in [-0.2, 0) is 26.2 Å². The second-order valence-electron chi connectivity index (χ2n) is 9.33. The van der Waals surface area contributed by atoms with Crippen molar-refractivity contribution in [3.05, 3.63) is 88.4 Å². The first-order valence-corrected chi connectivity index (χ1v) is 15.6. The van der Waals surface area contributed by atoms with Gasteiger partial charge in [0.15, 0.2) is 0 Å². The topological polar surface area (TPSA) is 96.0 Å². The molecular formula is C30H35Cl2N3O5S. The Morgan fingerprint density at radius 2 is 1.54 bits per heavy atom. The van der Waals surface area contributed by atoms with E-state index in [1.54, 1.807) is 62.4 Å². The van der Waals surface area contributed by atoms with E-state index in [0.717, 1.165) is 22.7 Å². The number of ether oxygens (including phenoxy) is 1. The molecule has 8 nitrogen and oxygen atoms in total. The number of carbonyl (C=O) groups is 2. The Bertz CT molecular complexity index is 1420. The minimum atomic E-state index is -4.25. The highest BCUT2D eigenvalue weighted by atomic mass is 35.5. The molecule has 3 aromatic carbocycles. The third kappa shape index (κ3) is 8.61. The molecular weight excluding hydrogens is 585 g/mol. The first-order valence-electron chi connectivity index (χ1n) is 13.4. The van der Waals surface area contributed by atoms with Crippen LogP contribution in [0.2, 0.25) is 10.0 Å². The second-order valence-corrected chi connectivity index (χ2v) is 12.1. The molecule has 0 saturated carbocycles. The standard InChI is InChI=1S/C30H35Cl2N3O5S/c1-4-6-19-33-30(37)22(3)34(20-23-11-13-24(31)14-12-23)29(36)21-35(27-9-7-8-10-28(27)40-5-2)41(38,39)26-17-15-25(32)16-18-26/h7-18,22H,4-6,19-21H2,1-3H3,(H,33,37)/t22-/m1/s1. The summed E-state index contributed by atoms with van der Waals surface area (Å²) in [5.74, 6) is -0.598. The number of rotatable bonds is 14. The summed E-state index contributed by atoms with van der Waals surface area (Å²) in [6, 6.07) is 18.4. The molecule has 0 bridgehead atoms. The molecule has 11 heteroatoms. The number of unbranched alkanes of at least 4 members (excludes halogenated alkanes) is 1. The van der Waals surface area contributed by atoms with Crippen molar-refractivity contribution in [2.24, 2.45) is 0 Å². The molecule has 3 aromatic rings. The van der Waals surface area contributed by atoms with Crippen LogP contribution >= 0.6 is 23.2 Å². The molecule has 0 unspecified atom stereocenters. The van der Waals surface area contributed by atoms with E-state index in [1.165, 1.54) is 29.2 Å². The highest BCUT2D eigenvalue weighted by Gasteiger charge is 2.33. The fraction of sp³-hybridized carbons (Fsp3) is 0.333. The van der Waals surface area contributed by atoms with Crippen LogP contribution in [0.3, 0.4) is 0 Å². The van der Waals surface area contributed by atoms with Crippen molar-refractivity contribution in [3.8, 4) is 5.75 Å². The molecule has 0 radical (unpaired) electrons. The largest absolute Gasteiger partial charge is 0.492 e. The SMILES string of the molecule is CCCCNC(=O)[C@@H](C)N(Cc1ccc(Cl)cc1)C(=O)CN(c1ccccc1OCC)S(=O)(=O)c1ccc(Cl)cc1. The lowest BCUT2D eigenvalue weighted by molar-refractivity contribution is -0.139. The average molecular weight is 621 g/mol. The number of para-hydroxylation sites is 2. The molecule has 41 heavy (non-hydrogen) atoms. The predicted molar refractivity (Wildman–Crippen MR) is 163 cm³/mol. The molecule has 0 aliphatic heterocycles. The minimum Gasteiger partial charge on any atom is -0.492 e. The van der Waals surface area contributed by atoms with E-state index in [0.29, 0.717) is 22.3 Å². The summed E-state index contributed by atoms with van der Waals surface area (Å²) >= 11 is 12.1. The number of anilines is 1. The fourth-order valence-corrected chi connectivity index (χ4v) is 5.77. The Hall–Kier alpha value is -3.27. The van der Waals surface area contributed by atoms with Crippen LogP contribution in [0.1, 0.15) is 39.2 Å². The van der Waals surface area contributed by atoms with E-state index < -0.39 is 28.5 Å². The minimum absolute atomic E-state index is 0.0457. The number of sulfonamides is 1. The van der Waals surface area contributed by atoms with Gasteiger partial charge in [0.25, 0.3) is 10.0 Å². The van der Waals surface area contributed by atoms with E-state index >= 15 is 0 Å². The van der Waals surface area contributed by atoms with E-state index in [2.05, 4.69) is 5.32 Å². The number of nitrogens with one attached hydrogen (secondary N) is 1. The number of hydrogen-bond donors (Lipinski definition) is 1. The maximum atomic E-state index is 14.0. The molecule has 0 aliphatic carbocycles. The van der Waals surface area contributed by atoms with Crippen molar-refractivity contribution < 1.29 is 22.7 Å². The van der Waals surface area contributed by atoms with Gasteiger partial charge in [-0.05, 0) is 74.4 Å². The summed E-state index contributed by atoms with van der Waals surface area (Å²) in [6.07, 6.45) is 1.70. The third-order valence-corrected chi connectivity index (χ3v) is 8.66. The van der Waals surface area contributed by atoms with Crippen LogP contribution in [0.15, 0.2) is 77.7 Å². The Labute approximate surface area is 252 Å². The van der Waals surface area contributed by atoms with Gasteiger partial charge in [-0.25, -0.2) is 8.42 Å². The molecule has 0 heterocycles. The van der Waals surface area contributed by atoms with E-state index in [-0.39, 0.29) is 29.6 Å². The van der Waals surface area contributed by atoms with Gasteiger partial charge < -0.3 is 15.0 Å². The smallest absolute Gasteiger partial charge is 0.264 e. The van der Waals surface area contributed by atoms with Crippen molar-refractivity contribution in [3.63, 3.8) is 0 Å². The Balaban J connectivity index is 2.04. The van der Waals surface area contributed by atoms with Gasteiger partial charge in [0, 0.05) is 23.1 Å². The molecule has 2 amide bonds. The zero-order chi connectivity index (χ0) is 30.0. The summed E-state index contributed by atoms with van der Waals surface area (Å²) in [5.41, 5.74) is 0.932. The summed E-state index contributed by atoms with van der Waals surface area (Å²) in [4.78, 5) is 28.4. The fourth-order valence-electron chi connectivity index (χ4n) is 4.09. The van der Waals surface area contributed by atoms with Crippen LogP contribution < -0.4 is 14.4 Å². The molecule has 3 rings (SSSR count). The van der Waals surface area contributed by atoms with Gasteiger partial charge in [0.2, 0.25) is 11.8 Å². The molecule has 1 N–H and O–H groups in total. The summed E-state index contributed by atoms with van der Waals surface area (Å²) in [5, 5.41) is 3.77. The van der Waals surface area contributed by atoms with Crippen LogP contribution in [0, 0.1) is 0 Å². The highest BCUT2D eigenvalue weighted by Crippen LogP contribution is 2.33. The maximum absolute atomic E-state index is 14.0. The van der Waals surface area contributed by atoms with Crippen molar-refractivity contribution in [2.45, 2.75) is 51.1 Å². The Morgan fingerprint density at radius 3 is 2.15 bits per heavy atom. The van der Waals surface area contributed by atoms with E-state index in [9.17, 15) is 18.0 Å². The van der Waals surface area contributed by atoms with Gasteiger partial charge in [-0.3, -0.25) is 13.9 Å². The van der Waals surface area contributed by atoms with Gasteiger partial charge in [-0.2, -0.15) is 0 Å².